The molecule has 0 saturated heterocycles. The summed E-state index contributed by atoms with van der Waals surface area (Å²) in [7, 11) is 5.49. The molecule has 0 N–H and O–H groups in total. The van der Waals surface area contributed by atoms with Gasteiger partial charge in [0.2, 0.25) is 0 Å². The third-order valence-electron chi connectivity index (χ3n) is 3.99. The molecule has 3 aromatic heterocycles. The van der Waals surface area contributed by atoms with Gasteiger partial charge in [0.15, 0.2) is 5.76 Å². The second kappa shape index (κ2) is 5.53. The van der Waals surface area contributed by atoms with E-state index in [1.807, 2.05) is 53.7 Å². The molecule has 0 unspecified atom stereocenters. The molecule has 0 bridgehead atoms. The van der Waals surface area contributed by atoms with Crippen molar-refractivity contribution in [3.8, 4) is 23.3 Å². The number of anilines is 1. The summed E-state index contributed by atoms with van der Waals surface area (Å²) in [6, 6.07) is 11.3. The SMILES string of the molecule is COc1ccc2oc(-c3nc4cc(C#N)ncn4c3N(C)C)cc2c1. The first kappa shape index (κ1) is 15.0. The van der Waals surface area contributed by atoms with Gasteiger partial charge in [-0.1, -0.05) is 0 Å². The van der Waals surface area contributed by atoms with Crippen LogP contribution < -0.4 is 9.64 Å². The Morgan fingerprint density at radius 3 is 2.80 bits per heavy atom. The second-order valence-electron chi connectivity index (χ2n) is 5.81. The van der Waals surface area contributed by atoms with Crippen LogP contribution in [0.4, 0.5) is 5.82 Å². The molecule has 4 rings (SSSR count). The fourth-order valence-electron chi connectivity index (χ4n) is 2.85. The van der Waals surface area contributed by atoms with Gasteiger partial charge in [0, 0.05) is 25.5 Å². The molecule has 0 atom stereocenters. The smallest absolute Gasteiger partial charge is 0.157 e. The summed E-state index contributed by atoms with van der Waals surface area (Å²) in [5.74, 6) is 2.25. The summed E-state index contributed by atoms with van der Waals surface area (Å²) in [5, 5.41) is 9.99. The molecule has 4 aromatic rings. The van der Waals surface area contributed by atoms with E-state index in [2.05, 4.69) is 9.97 Å². The molecule has 0 saturated carbocycles. The molecule has 0 amide bonds. The van der Waals surface area contributed by atoms with Crippen LogP contribution in [0.1, 0.15) is 5.69 Å². The number of aromatic nitrogens is 3. The van der Waals surface area contributed by atoms with E-state index in [1.54, 1.807) is 19.5 Å². The molecule has 0 aliphatic heterocycles. The van der Waals surface area contributed by atoms with Gasteiger partial charge >= 0.3 is 0 Å². The Hall–Kier alpha value is -3.53. The lowest BCUT2D eigenvalue weighted by Crippen LogP contribution is -2.12. The average molecular weight is 333 g/mol. The van der Waals surface area contributed by atoms with Crippen LogP contribution in [0.2, 0.25) is 0 Å². The number of imidazole rings is 1. The summed E-state index contributed by atoms with van der Waals surface area (Å²) < 4.78 is 13.1. The van der Waals surface area contributed by atoms with E-state index in [9.17, 15) is 0 Å². The molecule has 1 aromatic carbocycles. The van der Waals surface area contributed by atoms with Crippen molar-refractivity contribution >= 4 is 22.4 Å². The number of fused-ring (bicyclic) bond motifs is 2. The number of nitrogens with zero attached hydrogens (tertiary/aromatic N) is 5. The zero-order chi connectivity index (χ0) is 17.6. The Balaban J connectivity index is 1.96. The van der Waals surface area contributed by atoms with Crippen LogP contribution in [0.25, 0.3) is 28.1 Å². The van der Waals surface area contributed by atoms with Gasteiger partial charge in [-0.2, -0.15) is 5.26 Å². The fourth-order valence-corrected chi connectivity index (χ4v) is 2.85. The van der Waals surface area contributed by atoms with E-state index in [0.29, 0.717) is 22.8 Å². The molecule has 124 valence electrons. The topological polar surface area (TPSA) is 79.6 Å². The number of nitriles is 1. The van der Waals surface area contributed by atoms with Crippen LogP contribution in [-0.2, 0) is 0 Å². The number of methoxy groups -OCH3 is 1. The van der Waals surface area contributed by atoms with Gasteiger partial charge in [-0.3, -0.25) is 4.40 Å². The molecule has 0 aliphatic rings. The summed E-state index contributed by atoms with van der Waals surface area (Å²) in [6.45, 7) is 0. The van der Waals surface area contributed by atoms with Crippen LogP contribution in [0, 0.1) is 11.3 Å². The molecule has 25 heavy (non-hydrogen) atoms. The van der Waals surface area contributed by atoms with Crippen molar-refractivity contribution < 1.29 is 9.15 Å². The van der Waals surface area contributed by atoms with Gasteiger partial charge in [-0.15, -0.1) is 0 Å². The van der Waals surface area contributed by atoms with E-state index in [0.717, 1.165) is 22.5 Å². The van der Waals surface area contributed by atoms with Crippen molar-refractivity contribution in [2.45, 2.75) is 0 Å². The highest BCUT2D eigenvalue weighted by molar-refractivity contribution is 5.86. The quantitative estimate of drug-likeness (QED) is 0.573. The standard InChI is InChI=1S/C18H15N5O2/c1-22(2)18-17(21-16-8-12(9-19)20-10-23(16)18)15-7-11-6-13(24-3)4-5-14(11)25-15/h4-8,10H,1-3H3. The summed E-state index contributed by atoms with van der Waals surface area (Å²) in [4.78, 5) is 10.7. The molecular formula is C18H15N5O2. The minimum absolute atomic E-state index is 0.323. The Morgan fingerprint density at radius 1 is 1.24 bits per heavy atom. The van der Waals surface area contributed by atoms with Gasteiger partial charge in [0.1, 0.15) is 46.6 Å². The van der Waals surface area contributed by atoms with Gasteiger partial charge in [-0.05, 0) is 24.3 Å². The molecule has 0 aliphatic carbocycles. The highest BCUT2D eigenvalue weighted by atomic mass is 16.5. The van der Waals surface area contributed by atoms with Gasteiger partial charge < -0.3 is 14.1 Å². The number of benzene rings is 1. The number of furan rings is 1. The van der Waals surface area contributed by atoms with Crippen LogP contribution >= 0.6 is 0 Å². The van der Waals surface area contributed by atoms with E-state index >= 15 is 0 Å². The van der Waals surface area contributed by atoms with Crippen molar-refractivity contribution in [3.63, 3.8) is 0 Å². The van der Waals surface area contributed by atoms with Crippen LogP contribution in [0.15, 0.2) is 41.1 Å². The lowest BCUT2D eigenvalue weighted by Gasteiger charge is -2.12. The molecule has 7 heteroatoms. The zero-order valence-electron chi connectivity index (χ0n) is 14.0. The van der Waals surface area contributed by atoms with Crippen LogP contribution in [-0.4, -0.2) is 35.6 Å². The first-order valence-corrected chi connectivity index (χ1v) is 7.64. The highest BCUT2D eigenvalue weighted by Crippen LogP contribution is 2.35. The van der Waals surface area contributed by atoms with Crippen molar-refractivity contribution in [1.82, 2.24) is 14.4 Å². The first-order chi connectivity index (χ1) is 12.1. The number of ether oxygens (including phenoxy) is 1. The Morgan fingerprint density at radius 2 is 2.08 bits per heavy atom. The second-order valence-corrected chi connectivity index (χ2v) is 5.81. The number of hydrogen-bond acceptors (Lipinski definition) is 6. The van der Waals surface area contributed by atoms with E-state index < -0.39 is 0 Å². The molecular weight excluding hydrogens is 318 g/mol. The summed E-state index contributed by atoms with van der Waals surface area (Å²) >= 11 is 0. The molecule has 0 fully saturated rings. The maximum Gasteiger partial charge on any atom is 0.157 e. The molecule has 7 nitrogen and oxygen atoms in total. The van der Waals surface area contributed by atoms with Gasteiger partial charge in [0.05, 0.1) is 7.11 Å². The third kappa shape index (κ3) is 2.35. The molecule has 0 radical (unpaired) electrons. The highest BCUT2D eigenvalue weighted by Gasteiger charge is 2.20. The first-order valence-electron chi connectivity index (χ1n) is 7.64. The number of rotatable bonds is 3. The fraction of sp³-hybridized carbons (Fsp3) is 0.167. The summed E-state index contributed by atoms with van der Waals surface area (Å²) in [5.41, 5.74) is 2.41. The monoisotopic (exact) mass is 333 g/mol. The number of hydrogen-bond donors (Lipinski definition) is 0. The maximum absolute atomic E-state index is 9.05. The van der Waals surface area contributed by atoms with Crippen LogP contribution in [0.5, 0.6) is 5.75 Å². The summed E-state index contributed by atoms with van der Waals surface area (Å²) in [6.07, 6.45) is 1.60. The molecule has 3 heterocycles. The predicted molar refractivity (Wildman–Crippen MR) is 93.8 cm³/mol. The Kier molecular flexibility index (Phi) is 3.32. The Bertz CT molecular complexity index is 1130. The predicted octanol–water partition coefficient (Wildman–Crippen LogP) is 3.09. The maximum atomic E-state index is 9.05. The van der Waals surface area contributed by atoms with Gasteiger partial charge in [0.25, 0.3) is 0 Å². The van der Waals surface area contributed by atoms with Crippen molar-refractivity contribution in [3.05, 3.63) is 42.4 Å². The van der Waals surface area contributed by atoms with Crippen molar-refractivity contribution in [2.24, 2.45) is 0 Å². The Labute approximate surface area is 143 Å². The van der Waals surface area contributed by atoms with Crippen LogP contribution in [0.3, 0.4) is 0 Å². The van der Waals surface area contributed by atoms with Gasteiger partial charge in [-0.25, -0.2) is 9.97 Å². The lowest BCUT2D eigenvalue weighted by atomic mass is 10.2. The van der Waals surface area contributed by atoms with Crippen molar-refractivity contribution in [1.29, 1.82) is 5.26 Å². The lowest BCUT2D eigenvalue weighted by molar-refractivity contribution is 0.415. The average Bonchev–Trinajstić information content (AvgIpc) is 3.20. The molecule has 0 spiro atoms. The van der Waals surface area contributed by atoms with E-state index in [1.165, 1.54) is 0 Å². The zero-order valence-corrected chi connectivity index (χ0v) is 14.0. The largest absolute Gasteiger partial charge is 0.497 e. The third-order valence-corrected chi connectivity index (χ3v) is 3.99. The van der Waals surface area contributed by atoms with E-state index in [4.69, 9.17) is 14.4 Å². The minimum atomic E-state index is 0.323. The minimum Gasteiger partial charge on any atom is -0.497 e. The van der Waals surface area contributed by atoms with E-state index in [-0.39, 0.29) is 0 Å². The normalized spacial score (nSPS) is 11.0. The van der Waals surface area contributed by atoms with Crippen molar-refractivity contribution in [2.75, 3.05) is 26.1 Å².